The monoisotopic (exact) mass is 525 g/mol. The normalized spacial score (nSPS) is 21.1. The van der Waals surface area contributed by atoms with E-state index in [2.05, 4.69) is 15.5 Å². The predicted octanol–water partition coefficient (Wildman–Crippen LogP) is 3.63. The lowest BCUT2D eigenvalue weighted by molar-refractivity contribution is -0.139. The van der Waals surface area contributed by atoms with E-state index in [1.807, 2.05) is 25.7 Å². The van der Waals surface area contributed by atoms with Crippen LogP contribution < -0.4 is 10.6 Å². The fraction of sp³-hybridized carbons (Fsp3) is 0.542. The van der Waals surface area contributed by atoms with E-state index in [0.29, 0.717) is 66.1 Å². The fourth-order valence-electron chi connectivity index (χ4n) is 4.57. The van der Waals surface area contributed by atoms with Crippen LogP contribution >= 0.6 is 23.2 Å². The Hall–Kier alpha value is -2.49. The number of carbonyl (C=O) groups excluding carboxylic acids is 3. The summed E-state index contributed by atoms with van der Waals surface area (Å²) in [6, 6.07) is 3.75. The number of hydrogen-bond donors (Lipinski definition) is 2. The van der Waals surface area contributed by atoms with Crippen LogP contribution in [0.4, 0.5) is 9.59 Å². The molecule has 0 unspecified atom stereocenters. The molecule has 0 saturated carbocycles. The van der Waals surface area contributed by atoms with Crippen molar-refractivity contribution in [3.8, 4) is 0 Å². The van der Waals surface area contributed by atoms with Crippen LogP contribution in [0.5, 0.6) is 0 Å². The number of nitrogens with one attached hydrogen (secondary N) is 2. The Balaban J connectivity index is 1.99. The largest absolute Gasteiger partial charge is 0.463 e. The summed E-state index contributed by atoms with van der Waals surface area (Å²) >= 11 is 12.6. The van der Waals surface area contributed by atoms with Crippen molar-refractivity contribution in [1.82, 2.24) is 25.3 Å². The molecule has 3 rings (SSSR count). The number of piperazine rings is 1. The standard InChI is InChI=1S/C24H33Cl2N5O4/c1-5-27-23(33)31-11-10-29(13-15(31)4)14-19-20(22(32)35-7-3)21(28-24(34)30(19)6-2)17-9-8-16(25)12-18(17)26/h8-9,12,15,21H,5-7,10-11,13-14H2,1-4H3,(H,27,33)(H,28,34)/t15-,21-/m1/s1. The summed E-state index contributed by atoms with van der Waals surface area (Å²) in [7, 11) is 0. The van der Waals surface area contributed by atoms with Crippen molar-refractivity contribution in [3.63, 3.8) is 0 Å². The summed E-state index contributed by atoms with van der Waals surface area (Å²) in [4.78, 5) is 44.3. The Morgan fingerprint density at radius 2 is 1.94 bits per heavy atom. The summed E-state index contributed by atoms with van der Waals surface area (Å²) in [5.41, 5.74) is 1.48. The molecular weight excluding hydrogens is 493 g/mol. The van der Waals surface area contributed by atoms with Gasteiger partial charge < -0.3 is 20.3 Å². The van der Waals surface area contributed by atoms with Gasteiger partial charge in [0, 0.05) is 61.1 Å². The van der Waals surface area contributed by atoms with Crippen LogP contribution in [-0.4, -0.2) is 84.6 Å². The molecule has 4 amide bonds. The molecule has 9 nitrogen and oxygen atoms in total. The lowest BCUT2D eigenvalue weighted by Gasteiger charge is -2.42. The van der Waals surface area contributed by atoms with Gasteiger partial charge in [-0.1, -0.05) is 29.3 Å². The number of ether oxygens (including phenoxy) is 1. The van der Waals surface area contributed by atoms with Crippen LogP contribution in [0.3, 0.4) is 0 Å². The van der Waals surface area contributed by atoms with Crippen LogP contribution in [0, 0.1) is 0 Å². The van der Waals surface area contributed by atoms with E-state index < -0.39 is 12.0 Å². The smallest absolute Gasteiger partial charge is 0.338 e. The number of nitrogens with zero attached hydrogens (tertiary/aromatic N) is 3. The van der Waals surface area contributed by atoms with Gasteiger partial charge in [-0.25, -0.2) is 14.4 Å². The van der Waals surface area contributed by atoms with Crippen molar-refractivity contribution in [2.75, 3.05) is 45.9 Å². The number of rotatable bonds is 7. The second kappa shape index (κ2) is 12.0. The third kappa shape index (κ3) is 6.02. The lowest BCUT2D eigenvalue weighted by Crippen LogP contribution is -2.58. The molecule has 2 aliphatic rings. The summed E-state index contributed by atoms with van der Waals surface area (Å²) in [5.74, 6) is -0.508. The zero-order chi connectivity index (χ0) is 25.7. The van der Waals surface area contributed by atoms with Gasteiger partial charge in [-0.05, 0) is 45.4 Å². The zero-order valence-corrected chi connectivity index (χ0v) is 22.1. The van der Waals surface area contributed by atoms with Crippen molar-refractivity contribution in [2.24, 2.45) is 0 Å². The van der Waals surface area contributed by atoms with E-state index in [1.54, 1.807) is 30.0 Å². The highest BCUT2D eigenvalue weighted by atomic mass is 35.5. The molecule has 1 aromatic carbocycles. The molecule has 0 radical (unpaired) electrons. The summed E-state index contributed by atoms with van der Waals surface area (Å²) in [5, 5.41) is 6.57. The highest BCUT2D eigenvalue weighted by molar-refractivity contribution is 6.35. The number of amides is 4. The average Bonchev–Trinajstić information content (AvgIpc) is 2.79. The van der Waals surface area contributed by atoms with Gasteiger partial charge in [-0.15, -0.1) is 0 Å². The van der Waals surface area contributed by atoms with Gasteiger partial charge in [0.1, 0.15) is 0 Å². The van der Waals surface area contributed by atoms with E-state index >= 15 is 0 Å². The summed E-state index contributed by atoms with van der Waals surface area (Å²) in [6.07, 6.45) is 0. The van der Waals surface area contributed by atoms with Crippen LogP contribution in [0.1, 0.15) is 39.3 Å². The third-order valence-corrected chi connectivity index (χ3v) is 6.76. The van der Waals surface area contributed by atoms with Gasteiger partial charge in [0.05, 0.1) is 18.2 Å². The molecule has 0 spiro atoms. The van der Waals surface area contributed by atoms with Crippen molar-refractivity contribution in [2.45, 2.75) is 39.8 Å². The molecule has 11 heteroatoms. The van der Waals surface area contributed by atoms with Crippen molar-refractivity contribution < 1.29 is 19.1 Å². The van der Waals surface area contributed by atoms with Gasteiger partial charge in [0.2, 0.25) is 0 Å². The molecule has 35 heavy (non-hydrogen) atoms. The topological polar surface area (TPSA) is 94.2 Å². The summed E-state index contributed by atoms with van der Waals surface area (Å²) in [6.45, 7) is 10.7. The minimum atomic E-state index is -0.779. The van der Waals surface area contributed by atoms with E-state index in [4.69, 9.17) is 27.9 Å². The number of urea groups is 2. The number of halogens is 2. The highest BCUT2D eigenvalue weighted by Gasteiger charge is 2.40. The first-order valence-corrected chi connectivity index (χ1v) is 12.7. The van der Waals surface area contributed by atoms with Crippen molar-refractivity contribution in [3.05, 3.63) is 45.1 Å². The zero-order valence-electron chi connectivity index (χ0n) is 20.6. The van der Waals surface area contributed by atoms with Gasteiger partial charge in [0.25, 0.3) is 0 Å². The molecule has 0 aliphatic carbocycles. The van der Waals surface area contributed by atoms with E-state index in [0.717, 1.165) is 0 Å². The lowest BCUT2D eigenvalue weighted by atomic mass is 9.94. The molecule has 1 saturated heterocycles. The maximum absolute atomic E-state index is 13.3. The van der Waals surface area contributed by atoms with E-state index in [9.17, 15) is 14.4 Å². The maximum Gasteiger partial charge on any atom is 0.338 e. The number of hydrogen-bond acceptors (Lipinski definition) is 5. The molecule has 1 aromatic rings. The Morgan fingerprint density at radius 1 is 1.20 bits per heavy atom. The van der Waals surface area contributed by atoms with Gasteiger partial charge in [-0.2, -0.15) is 0 Å². The van der Waals surface area contributed by atoms with Gasteiger partial charge in [-0.3, -0.25) is 9.80 Å². The minimum Gasteiger partial charge on any atom is -0.463 e. The van der Waals surface area contributed by atoms with Crippen molar-refractivity contribution in [1.29, 1.82) is 0 Å². The molecule has 0 aromatic heterocycles. The highest BCUT2D eigenvalue weighted by Crippen LogP contribution is 2.36. The molecule has 192 valence electrons. The van der Waals surface area contributed by atoms with Gasteiger partial charge >= 0.3 is 18.0 Å². The molecule has 1 fully saturated rings. The Kier molecular flexibility index (Phi) is 9.27. The quantitative estimate of drug-likeness (QED) is 0.530. The minimum absolute atomic E-state index is 0.0315. The van der Waals surface area contributed by atoms with Crippen LogP contribution in [0.15, 0.2) is 29.5 Å². The second-order valence-corrected chi connectivity index (χ2v) is 9.33. The Labute approximate surface area is 216 Å². The SMILES string of the molecule is CCNC(=O)N1CCN(CC2=C(C(=O)OCC)[C@@H](c3ccc(Cl)cc3Cl)NC(=O)N2CC)C[C@H]1C. The number of benzene rings is 1. The van der Waals surface area contributed by atoms with Crippen LogP contribution in [0.25, 0.3) is 0 Å². The molecular formula is C24H33Cl2N5O4. The number of likely N-dealkylation sites (N-methyl/N-ethyl adjacent to an activating group) is 1. The first-order valence-electron chi connectivity index (χ1n) is 11.9. The molecule has 0 bridgehead atoms. The van der Waals surface area contributed by atoms with Crippen molar-refractivity contribution >= 4 is 41.2 Å². The average molecular weight is 526 g/mol. The number of carbonyl (C=O) groups is 3. The molecule has 2 atom stereocenters. The second-order valence-electron chi connectivity index (χ2n) is 8.49. The van der Waals surface area contributed by atoms with Gasteiger partial charge in [0.15, 0.2) is 0 Å². The Morgan fingerprint density at radius 3 is 2.54 bits per heavy atom. The summed E-state index contributed by atoms with van der Waals surface area (Å²) < 4.78 is 5.42. The predicted molar refractivity (Wildman–Crippen MR) is 135 cm³/mol. The van der Waals surface area contributed by atoms with E-state index in [-0.39, 0.29) is 24.7 Å². The van der Waals surface area contributed by atoms with Crippen LogP contribution in [-0.2, 0) is 9.53 Å². The fourth-order valence-corrected chi connectivity index (χ4v) is 5.09. The first kappa shape index (κ1) is 27.1. The molecule has 2 aliphatic heterocycles. The van der Waals surface area contributed by atoms with Crippen LogP contribution in [0.2, 0.25) is 10.0 Å². The first-order chi connectivity index (χ1) is 16.7. The third-order valence-electron chi connectivity index (χ3n) is 6.20. The maximum atomic E-state index is 13.3. The van der Waals surface area contributed by atoms with E-state index in [1.165, 1.54) is 0 Å². The number of esters is 1. The molecule has 2 heterocycles. The molecule has 2 N–H and O–H groups in total. The Bertz CT molecular complexity index is 1000.